The molecule has 0 saturated heterocycles. The fourth-order valence-corrected chi connectivity index (χ4v) is 4.24. The summed E-state index contributed by atoms with van der Waals surface area (Å²) in [7, 11) is 0. The lowest BCUT2D eigenvalue weighted by Crippen LogP contribution is -2.24. The van der Waals surface area contributed by atoms with E-state index >= 15 is 0 Å². The zero-order valence-electron chi connectivity index (χ0n) is 19.7. The third-order valence-corrected chi connectivity index (χ3v) is 5.99. The van der Waals surface area contributed by atoms with Crippen molar-refractivity contribution in [2.45, 2.75) is 19.9 Å². The van der Waals surface area contributed by atoms with Crippen molar-refractivity contribution < 1.29 is 9.90 Å². The lowest BCUT2D eigenvalue weighted by atomic mass is 9.99. The number of rotatable bonds is 7. The molecule has 0 unspecified atom stereocenters. The van der Waals surface area contributed by atoms with Gasteiger partial charge in [-0.25, -0.2) is 4.68 Å². The molecule has 2 heterocycles. The van der Waals surface area contributed by atoms with E-state index in [9.17, 15) is 9.59 Å². The van der Waals surface area contributed by atoms with E-state index in [1.165, 1.54) is 4.68 Å². The van der Waals surface area contributed by atoms with E-state index in [1.54, 1.807) is 24.5 Å². The van der Waals surface area contributed by atoms with Gasteiger partial charge in [0.15, 0.2) is 0 Å². The highest BCUT2D eigenvalue weighted by Crippen LogP contribution is 2.28. The molecule has 3 aromatic carbocycles. The molecule has 0 fully saturated rings. The van der Waals surface area contributed by atoms with E-state index in [1.807, 2.05) is 73.7 Å². The minimum Gasteiger partial charge on any atom is -0.481 e. The molecule has 7 nitrogen and oxygen atoms in total. The summed E-state index contributed by atoms with van der Waals surface area (Å²) < 4.78 is 1.44. The average molecular weight is 477 g/mol. The second-order valence-electron chi connectivity index (χ2n) is 8.45. The quantitative estimate of drug-likeness (QED) is 0.321. The molecule has 0 amide bonds. The van der Waals surface area contributed by atoms with Gasteiger partial charge in [0.2, 0.25) is 0 Å². The molecule has 5 rings (SSSR count). The largest absolute Gasteiger partial charge is 0.481 e. The third kappa shape index (κ3) is 4.72. The number of aromatic nitrogens is 3. The Kier molecular flexibility index (Phi) is 6.28. The van der Waals surface area contributed by atoms with Crippen LogP contribution in [0, 0.1) is 0 Å². The number of carboxylic acid groups (broad SMARTS) is 1. The van der Waals surface area contributed by atoms with Crippen LogP contribution in [0.2, 0.25) is 0 Å². The molecule has 0 bridgehead atoms. The zero-order valence-corrected chi connectivity index (χ0v) is 19.7. The van der Waals surface area contributed by atoms with E-state index in [4.69, 9.17) is 5.11 Å². The van der Waals surface area contributed by atoms with Crippen molar-refractivity contribution in [1.29, 1.82) is 0 Å². The second kappa shape index (κ2) is 9.84. The highest BCUT2D eigenvalue weighted by atomic mass is 16.4. The Morgan fingerprint density at radius 3 is 2.44 bits per heavy atom. The predicted molar refractivity (Wildman–Crippen MR) is 141 cm³/mol. The summed E-state index contributed by atoms with van der Waals surface area (Å²) in [6, 6.07) is 25.0. The number of hydrogen-bond acceptors (Lipinski definition) is 5. The third-order valence-electron chi connectivity index (χ3n) is 5.99. The molecule has 0 radical (unpaired) electrons. The molecule has 7 heteroatoms. The van der Waals surface area contributed by atoms with Crippen LogP contribution in [0.5, 0.6) is 0 Å². The summed E-state index contributed by atoms with van der Waals surface area (Å²) in [6.07, 6.45) is 3.47. The van der Waals surface area contributed by atoms with Gasteiger partial charge in [-0.05, 0) is 35.7 Å². The fourth-order valence-electron chi connectivity index (χ4n) is 4.24. The Balaban J connectivity index is 1.55. The molecule has 2 aromatic heterocycles. The molecule has 0 aliphatic carbocycles. The average Bonchev–Trinajstić information content (AvgIpc) is 2.90. The van der Waals surface area contributed by atoms with Crippen molar-refractivity contribution >= 4 is 28.1 Å². The van der Waals surface area contributed by atoms with Gasteiger partial charge in [-0.1, -0.05) is 66.7 Å². The number of carbonyl (C=O) groups is 1. The van der Waals surface area contributed by atoms with Crippen LogP contribution in [0.25, 0.3) is 33.2 Å². The smallest absolute Gasteiger partial charge is 0.307 e. The fraction of sp³-hybridized carbons (Fsp3) is 0.103. The summed E-state index contributed by atoms with van der Waals surface area (Å²) >= 11 is 0. The lowest BCUT2D eigenvalue weighted by Gasteiger charge is -2.13. The van der Waals surface area contributed by atoms with Crippen LogP contribution in [-0.4, -0.2) is 25.8 Å². The van der Waals surface area contributed by atoms with E-state index < -0.39 is 5.97 Å². The topological polar surface area (TPSA) is 97.1 Å². The maximum atomic E-state index is 13.1. The van der Waals surface area contributed by atoms with Crippen molar-refractivity contribution in [1.82, 2.24) is 14.8 Å². The van der Waals surface area contributed by atoms with Gasteiger partial charge < -0.3 is 10.4 Å². The van der Waals surface area contributed by atoms with Gasteiger partial charge >= 0.3 is 5.97 Å². The van der Waals surface area contributed by atoms with Crippen LogP contribution in [0.4, 0.5) is 11.4 Å². The van der Waals surface area contributed by atoms with Crippen molar-refractivity contribution in [3.8, 4) is 22.4 Å². The molecule has 0 atom stereocenters. The van der Waals surface area contributed by atoms with Gasteiger partial charge in [-0.3, -0.25) is 14.6 Å². The van der Waals surface area contributed by atoms with E-state index in [0.717, 1.165) is 38.7 Å². The first-order chi connectivity index (χ1) is 17.5. The Hall–Kier alpha value is -4.78. The SMILES string of the molecule is CCn1nc(-c2cccc(-c3cccc(CC(=O)O)c3)c2)cc(Nc2cncc3ccccc23)c1=O. The molecule has 0 spiro atoms. The summed E-state index contributed by atoms with van der Waals surface area (Å²) in [5.74, 6) is -0.867. The highest BCUT2D eigenvalue weighted by Gasteiger charge is 2.12. The number of aryl methyl sites for hydroxylation is 1. The molecule has 0 aliphatic heterocycles. The lowest BCUT2D eigenvalue weighted by molar-refractivity contribution is -0.136. The minimum atomic E-state index is -0.867. The first-order valence-corrected chi connectivity index (χ1v) is 11.7. The van der Waals surface area contributed by atoms with Gasteiger partial charge in [0.25, 0.3) is 5.56 Å². The van der Waals surface area contributed by atoms with Crippen molar-refractivity contribution in [3.05, 3.63) is 107 Å². The number of fused-ring (bicyclic) bond motifs is 1. The van der Waals surface area contributed by atoms with Crippen LogP contribution >= 0.6 is 0 Å². The van der Waals surface area contributed by atoms with E-state index in [2.05, 4.69) is 15.4 Å². The number of carboxylic acids is 1. The highest BCUT2D eigenvalue weighted by molar-refractivity contribution is 5.94. The van der Waals surface area contributed by atoms with Gasteiger partial charge in [0.1, 0.15) is 5.69 Å². The maximum absolute atomic E-state index is 13.1. The maximum Gasteiger partial charge on any atom is 0.307 e. The van der Waals surface area contributed by atoms with E-state index in [0.29, 0.717) is 17.9 Å². The molecule has 36 heavy (non-hydrogen) atoms. The molecule has 178 valence electrons. The number of nitrogens with zero attached hydrogens (tertiary/aromatic N) is 3. The second-order valence-corrected chi connectivity index (χ2v) is 8.45. The number of hydrogen-bond donors (Lipinski definition) is 2. The molecular formula is C29H24N4O3. The first-order valence-electron chi connectivity index (χ1n) is 11.7. The molecule has 0 saturated carbocycles. The van der Waals surface area contributed by atoms with Crippen molar-refractivity contribution in [2.24, 2.45) is 0 Å². The monoisotopic (exact) mass is 476 g/mol. The Morgan fingerprint density at radius 1 is 0.889 bits per heavy atom. The zero-order chi connectivity index (χ0) is 25.1. The summed E-state index contributed by atoms with van der Waals surface area (Å²) in [5.41, 5.74) is 5.02. The van der Waals surface area contributed by atoms with Crippen molar-refractivity contribution in [3.63, 3.8) is 0 Å². The van der Waals surface area contributed by atoms with Gasteiger partial charge in [-0.2, -0.15) is 5.10 Å². The minimum absolute atomic E-state index is 0.0331. The Morgan fingerprint density at radius 2 is 1.64 bits per heavy atom. The standard InChI is InChI=1S/C29H24N4O3/c1-2-33-29(36)26(31-27-18-30-17-23-8-3-4-12-24(23)27)16-25(32-33)22-11-6-10-21(15-22)20-9-5-7-19(13-20)14-28(34)35/h3-13,15-18,31H,2,14H2,1H3,(H,34,35). The van der Waals surface area contributed by atoms with Crippen LogP contribution in [0.3, 0.4) is 0 Å². The van der Waals surface area contributed by atoms with Crippen LogP contribution in [-0.2, 0) is 17.8 Å². The van der Waals surface area contributed by atoms with Crippen LogP contribution in [0.1, 0.15) is 12.5 Å². The van der Waals surface area contributed by atoms with Gasteiger partial charge in [0, 0.05) is 29.1 Å². The number of benzene rings is 3. The Labute approximate surface area is 207 Å². The normalized spacial score (nSPS) is 10.9. The van der Waals surface area contributed by atoms with Crippen LogP contribution < -0.4 is 10.9 Å². The molecule has 2 N–H and O–H groups in total. The van der Waals surface area contributed by atoms with Crippen LogP contribution in [0.15, 0.2) is 96.1 Å². The summed E-state index contributed by atoms with van der Waals surface area (Å²) in [4.78, 5) is 28.5. The predicted octanol–water partition coefficient (Wildman–Crippen LogP) is 5.52. The number of nitrogens with one attached hydrogen (secondary N) is 1. The summed E-state index contributed by atoms with van der Waals surface area (Å²) in [6.45, 7) is 2.30. The number of aliphatic carboxylic acids is 1. The summed E-state index contributed by atoms with van der Waals surface area (Å²) in [5, 5.41) is 19.0. The first kappa shape index (κ1) is 23.0. The van der Waals surface area contributed by atoms with Crippen molar-refractivity contribution in [2.75, 3.05) is 5.32 Å². The number of pyridine rings is 1. The Bertz CT molecular complexity index is 1640. The molecule has 0 aliphatic rings. The van der Waals surface area contributed by atoms with E-state index in [-0.39, 0.29) is 12.0 Å². The number of anilines is 2. The van der Waals surface area contributed by atoms with Gasteiger partial charge in [0.05, 0.1) is 24.0 Å². The molecular weight excluding hydrogens is 452 g/mol. The van der Waals surface area contributed by atoms with Gasteiger partial charge in [-0.15, -0.1) is 0 Å². The molecule has 5 aromatic rings.